The Morgan fingerprint density at radius 1 is 1.18 bits per heavy atom. The summed E-state index contributed by atoms with van der Waals surface area (Å²) in [5.74, 6) is -0.0865. The number of halogens is 2. The summed E-state index contributed by atoms with van der Waals surface area (Å²) in [5.41, 5.74) is -0.553. The second-order valence-corrected chi connectivity index (χ2v) is 12.9. The van der Waals surface area contributed by atoms with Crippen LogP contribution in [0.4, 0.5) is 8.78 Å². The molecule has 2 bridgehead atoms. The molecule has 216 valence electrons. The van der Waals surface area contributed by atoms with Crippen LogP contribution in [0, 0.1) is 29.6 Å². The summed E-state index contributed by atoms with van der Waals surface area (Å²) in [5, 5.41) is -4.65. The van der Waals surface area contributed by atoms with Crippen LogP contribution in [0.3, 0.4) is 0 Å². The van der Waals surface area contributed by atoms with Crippen molar-refractivity contribution in [3.8, 4) is 0 Å². The molecule has 1 saturated heterocycles. The van der Waals surface area contributed by atoms with Gasteiger partial charge in [0.2, 0.25) is 6.10 Å². The molecule has 8 unspecified atom stereocenters. The highest BCUT2D eigenvalue weighted by Crippen LogP contribution is 2.65. The molecule has 3 saturated carbocycles. The van der Waals surface area contributed by atoms with Gasteiger partial charge in [0.1, 0.15) is 5.60 Å². The maximum absolute atomic E-state index is 13.5. The number of esters is 3. The molecule has 1 N–H and O–H groups in total. The molecular weight excluding hydrogens is 530 g/mol. The fourth-order valence-electron chi connectivity index (χ4n) is 7.10. The zero-order valence-electron chi connectivity index (χ0n) is 21.8. The van der Waals surface area contributed by atoms with Crippen LogP contribution >= 0.6 is 0 Å². The van der Waals surface area contributed by atoms with E-state index < -0.39 is 63.6 Å². The number of fused-ring (bicyclic) bond motifs is 5. The molecule has 4 aliphatic rings. The van der Waals surface area contributed by atoms with E-state index in [0.717, 1.165) is 18.8 Å². The lowest BCUT2D eigenvalue weighted by Crippen LogP contribution is -2.50. The standard InChI is InChI=1S/C25H36F2O10S/c1-13(2)24(12-15-10-18(24)17-7-4-6-16(15)17)37-23(30)20-11-19(22(29)36-20)34-9-5-8-21(28)35-14(3)25(26,27)38(31,32)33/h13-20H,4-12H2,1-3H3,(H,31,32,33). The Morgan fingerprint density at radius 3 is 2.53 bits per heavy atom. The van der Waals surface area contributed by atoms with E-state index in [1.165, 1.54) is 19.3 Å². The first-order valence-electron chi connectivity index (χ1n) is 13.3. The summed E-state index contributed by atoms with van der Waals surface area (Å²) in [6.07, 6.45) is 0.570. The molecule has 13 heteroatoms. The molecule has 0 spiro atoms. The Kier molecular flexibility index (Phi) is 8.13. The fraction of sp³-hybridized carbons (Fsp3) is 0.880. The Labute approximate surface area is 220 Å². The molecule has 10 nitrogen and oxygen atoms in total. The average Bonchev–Trinajstić information content (AvgIpc) is 3.57. The van der Waals surface area contributed by atoms with Crippen LogP contribution in [-0.2, 0) is 43.4 Å². The third-order valence-corrected chi connectivity index (χ3v) is 9.98. The minimum atomic E-state index is -5.75. The van der Waals surface area contributed by atoms with Crippen LogP contribution in [0.5, 0.6) is 0 Å². The molecule has 4 fully saturated rings. The highest BCUT2D eigenvalue weighted by molar-refractivity contribution is 7.86. The van der Waals surface area contributed by atoms with Crippen molar-refractivity contribution in [2.75, 3.05) is 6.61 Å². The van der Waals surface area contributed by atoms with E-state index in [0.29, 0.717) is 24.7 Å². The van der Waals surface area contributed by atoms with Crippen LogP contribution in [0.15, 0.2) is 0 Å². The molecular formula is C25H36F2O10S. The maximum atomic E-state index is 13.5. The number of hydrogen-bond donors (Lipinski definition) is 1. The SMILES string of the molecule is CC(C)C1(OC(=O)C2CC(OCCCC(=O)OC(C)C(F)(F)S(=O)(=O)O)C(=O)O2)CC2CC1C1CCCC21. The third kappa shape index (κ3) is 5.30. The molecule has 0 aromatic heterocycles. The second-order valence-electron chi connectivity index (χ2n) is 11.4. The van der Waals surface area contributed by atoms with Crippen molar-refractivity contribution in [3.63, 3.8) is 0 Å². The predicted molar refractivity (Wildman–Crippen MR) is 126 cm³/mol. The van der Waals surface area contributed by atoms with Gasteiger partial charge in [-0.15, -0.1) is 0 Å². The van der Waals surface area contributed by atoms with Gasteiger partial charge in [0.05, 0.1) is 0 Å². The van der Waals surface area contributed by atoms with Crippen LogP contribution < -0.4 is 0 Å². The largest absolute Gasteiger partial charge is 0.456 e. The van der Waals surface area contributed by atoms with E-state index in [1.54, 1.807) is 0 Å². The number of carbonyl (C=O) groups excluding carboxylic acids is 3. The highest BCUT2D eigenvalue weighted by atomic mass is 32.2. The van der Waals surface area contributed by atoms with Crippen molar-refractivity contribution >= 4 is 28.0 Å². The van der Waals surface area contributed by atoms with Gasteiger partial charge in [0, 0.05) is 25.4 Å². The molecule has 4 rings (SSSR count). The Bertz CT molecular complexity index is 1050. The lowest BCUT2D eigenvalue weighted by atomic mass is 9.68. The van der Waals surface area contributed by atoms with Crippen molar-refractivity contribution < 1.29 is 55.1 Å². The van der Waals surface area contributed by atoms with Gasteiger partial charge in [-0.3, -0.25) is 9.35 Å². The Morgan fingerprint density at radius 2 is 1.87 bits per heavy atom. The van der Waals surface area contributed by atoms with E-state index in [-0.39, 0.29) is 25.4 Å². The first kappa shape index (κ1) is 29.1. The first-order chi connectivity index (χ1) is 17.7. The molecule has 0 amide bonds. The molecule has 0 radical (unpaired) electrons. The Hall–Kier alpha value is -1.86. The smallest absolute Gasteiger partial charge is 0.405 e. The van der Waals surface area contributed by atoms with Crippen molar-refractivity contribution in [3.05, 3.63) is 0 Å². The monoisotopic (exact) mass is 566 g/mol. The second kappa shape index (κ2) is 10.6. The predicted octanol–water partition coefficient (Wildman–Crippen LogP) is 3.27. The van der Waals surface area contributed by atoms with E-state index in [4.69, 9.17) is 18.8 Å². The molecule has 0 aromatic carbocycles. The number of carbonyl (C=O) groups is 3. The van der Waals surface area contributed by atoms with Crippen LogP contribution in [0.25, 0.3) is 0 Å². The van der Waals surface area contributed by atoms with E-state index in [9.17, 15) is 31.6 Å². The van der Waals surface area contributed by atoms with Gasteiger partial charge in [-0.05, 0) is 62.7 Å². The minimum Gasteiger partial charge on any atom is -0.456 e. The average molecular weight is 567 g/mol. The van der Waals surface area contributed by atoms with Crippen LogP contribution in [-0.4, -0.2) is 66.7 Å². The van der Waals surface area contributed by atoms with Gasteiger partial charge < -0.3 is 18.9 Å². The van der Waals surface area contributed by atoms with Crippen molar-refractivity contribution in [2.24, 2.45) is 29.6 Å². The molecule has 8 atom stereocenters. The number of hydrogen-bond acceptors (Lipinski definition) is 9. The van der Waals surface area contributed by atoms with Gasteiger partial charge in [-0.25, -0.2) is 9.59 Å². The summed E-state index contributed by atoms with van der Waals surface area (Å²) < 4.78 is 78.3. The zero-order valence-corrected chi connectivity index (χ0v) is 22.6. The van der Waals surface area contributed by atoms with E-state index in [2.05, 4.69) is 18.6 Å². The van der Waals surface area contributed by atoms with Gasteiger partial charge in [-0.1, -0.05) is 20.3 Å². The minimum absolute atomic E-state index is 0.0238. The summed E-state index contributed by atoms with van der Waals surface area (Å²) in [6.45, 7) is 4.64. The third-order valence-electron chi connectivity index (χ3n) is 8.96. The number of ether oxygens (including phenoxy) is 4. The highest BCUT2D eigenvalue weighted by Gasteiger charge is 2.64. The van der Waals surface area contributed by atoms with E-state index >= 15 is 0 Å². The summed E-state index contributed by atoms with van der Waals surface area (Å²) >= 11 is 0. The molecule has 1 aliphatic heterocycles. The van der Waals surface area contributed by atoms with Crippen LogP contribution in [0.1, 0.15) is 72.1 Å². The van der Waals surface area contributed by atoms with Gasteiger partial charge >= 0.3 is 33.3 Å². The quantitative estimate of drug-likeness (QED) is 0.171. The molecule has 38 heavy (non-hydrogen) atoms. The van der Waals surface area contributed by atoms with Crippen molar-refractivity contribution in [1.82, 2.24) is 0 Å². The molecule has 3 aliphatic carbocycles. The van der Waals surface area contributed by atoms with Crippen LogP contribution in [0.2, 0.25) is 0 Å². The summed E-state index contributed by atoms with van der Waals surface area (Å²) in [6, 6.07) is 0. The lowest BCUT2D eigenvalue weighted by Gasteiger charge is -2.45. The van der Waals surface area contributed by atoms with Gasteiger partial charge in [0.25, 0.3) is 0 Å². The number of rotatable bonds is 11. The maximum Gasteiger partial charge on any atom is 0.405 e. The topological polar surface area (TPSA) is 142 Å². The van der Waals surface area contributed by atoms with Crippen molar-refractivity contribution in [1.29, 1.82) is 0 Å². The zero-order chi connectivity index (χ0) is 28.0. The first-order valence-corrected chi connectivity index (χ1v) is 14.7. The molecule has 0 aromatic rings. The molecule has 1 heterocycles. The normalized spacial score (nSPS) is 35.3. The van der Waals surface area contributed by atoms with Gasteiger partial charge in [-0.2, -0.15) is 17.2 Å². The number of alkyl halides is 2. The van der Waals surface area contributed by atoms with Gasteiger partial charge in [0.15, 0.2) is 12.2 Å². The summed E-state index contributed by atoms with van der Waals surface area (Å²) in [7, 11) is -5.75. The fourth-order valence-corrected chi connectivity index (χ4v) is 7.57. The van der Waals surface area contributed by atoms with Crippen molar-refractivity contribution in [2.45, 2.75) is 101 Å². The summed E-state index contributed by atoms with van der Waals surface area (Å²) in [4.78, 5) is 37.2. The Balaban J connectivity index is 1.23. The van der Waals surface area contributed by atoms with E-state index in [1.807, 2.05) is 0 Å². The number of cyclic esters (lactones) is 1. The lowest BCUT2D eigenvalue weighted by molar-refractivity contribution is -0.189.